The number of hydrogen-bond acceptors (Lipinski definition) is 2. The minimum atomic E-state index is -0.135. The van der Waals surface area contributed by atoms with Crippen LogP contribution in [0.3, 0.4) is 0 Å². The Labute approximate surface area is 280 Å². The number of hydrogen-bond donors (Lipinski definition) is 0. The topological polar surface area (TPSA) is 57.4 Å². The number of benzene rings is 4. The van der Waals surface area contributed by atoms with Gasteiger partial charge in [-0.3, -0.25) is 0 Å². The van der Waals surface area contributed by atoms with Gasteiger partial charge in [-0.1, -0.05) is 103 Å². The second-order valence-corrected chi connectivity index (χ2v) is 12.8. The van der Waals surface area contributed by atoms with Crippen molar-refractivity contribution in [1.82, 2.24) is 9.13 Å². The number of nitrogens with zero attached hydrogens (tertiary/aromatic N) is 4. The summed E-state index contributed by atoms with van der Waals surface area (Å²) >= 11 is 0. The van der Waals surface area contributed by atoms with Crippen molar-refractivity contribution in [3.05, 3.63) is 155 Å². The van der Waals surface area contributed by atoms with Gasteiger partial charge in [0.25, 0.3) is 0 Å². The number of aromatic nitrogens is 2. The molecule has 228 valence electrons. The molecule has 0 bridgehead atoms. The molecule has 4 heteroatoms. The van der Waals surface area contributed by atoms with E-state index >= 15 is 0 Å². The van der Waals surface area contributed by atoms with Crippen molar-refractivity contribution < 1.29 is 0 Å². The SMILES string of the molecule is N#Cc1c(C2=CCC(n3c4c(c5ccccc53)C(C#N)CC=C4)C=C2)cccc1-c1ccccc1-n1c2c(c3ccccc31)CCC=C2. The van der Waals surface area contributed by atoms with Crippen LogP contribution in [0.15, 0.2) is 121 Å². The van der Waals surface area contributed by atoms with Crippen LogP contribution in [-0.4, -0.2) is 9.13 Å². The molecule has 2 aromatic heterocycles. The van der Waals surface area contributed by atoms with Gasteiger partial charge in [-0.25, -0.2) is 0 Å². The monoisotopic (exact) mass is 616 g/mol. The summed E-state index contributed by atoms with van der Waals surface area (Å²) in [6, 6.07) is 37.1. The van der Waals surface area contributed by atoms with Crippen LogP contribution in [0.1, 0.15) is 64.9 Å². The molecule has 2 atom stereocenters. The molecule has 3 aliphatic rings. The highest BCUT2D eigenvalue weighted by atomic mass is 15.0. The van der Waals surface area contributed by atoms with Crippen molar-refractivity contribution in [3.63, 3.8) is 0 Å². The first-order chi connectivity index (χ1) is 23.8. The zero-order valence-electron chi connectivity index (χ0n) is 26.5. The van der Waals surface area contributed by atoms with E-state index in [9.17, 15) is 10.5 Å². The molecule has 0 saturated carbocycles. The number of fused-ring (bicyclic) bond motifs is 6. The van der Waals surface area contributed by atoms with E-state index < -0.39 is 0 Å². The van der Waals surface area contributed by atoms with Crippen LogP contribution in [0.4, 0.5) is 0 Å². The van der Waals surface area contributed by atoms with E-state index in [1.807, 2.05) is 0 Å². The van der Waals surface area contributed by atoms with E-state index in [0.717, 1.165) is 75.8 Å². The van der Waals surface area contributed by atoms with Gasteiger partial charge in [-0.15, -0.1) is 0 Å². The highest BCUT2D eigenvalue weighted by Gasteiger charge is 2.28. The lowest BCUT2D eigenvalue weighted by Gasteiger charge is -2.23. The Morgan fingerprint density at radius 3 is 2.25 bits per heavy atom. The second kappa shape index (κ2) is 11.3. The van der Waals surface area contributed by atoms with Crippen molar-refractivity contribution in [2.24, 2.45) is 0 Å². The molecular formula is C44H32N4. The summed E-state index contributed by atoms with van der Waals surface area (Å²) < 4.78 is 4.77. The maximum atomic E-state index is 10.7. The van der Waals surface area contributed by atoms with Gasteiger partial charge in [0.05, 0.1) is 34.8 Å². The molecule has 0 spiro atoms. The normalized spacial score (nSPS) is 17.9. The first kappa shape index (κ1) is 28.1. The first-order valence-corrected chi connectivity index (χ1v) is 16.8. The van der Waals surface area contributed by atoms with E-state index in [1.54, 1.807) is 0 Å². The van der Waals surface area contributed by atoms with Crippen LogP contribution in [0.5, 0.6) is 0 Å². The van der Waals surface area contributed by atoms with E-state index in [0.29, 0.717) is 5.56 Å². The Hall–Kier alpha value is -6.10. The molecule has 4 aromatic carbocycles. The molecule has 0 aliphatic heterocycles. The van der Waals surface area contributed by atoms with Crippen molar-refractivity contribution in [2.45, 2.75) is 37.6 Å². The Morgan fingerprint density at radius 1 is 0.667 bits per heavy atom. The Morgan fingerprint density at radius 2 is 1.42 bits per heavy atom. The summed E-state index contributed by atoms with van der Waals surface area (Å²) in [6.07, 6.45) is 19.2. The van der Waals surface area contributed by atoms with Gasteiger partial charge < -0.3 is 9.13 Å². The average Bonchev–Trinajstić information content (AvgIpc) is 3.68. The summed E-state index contributed by atoms with van der Waals surface area (Å²) in [4.78, 5) is 0. The molecule has 9 rings (SSSR count). The predicted molar refractivity (Wildman–Crippen MR) is 195 cm³/mol. The van der Waals surface area contributed by atoms with Crippen LogP contribution >= 0.6 is 0 Å². The predicted octanol–water partition coefficient (Wildman–Crippen LogP) is 10.7. The van der Waals surface area contributed by atoms with Crippen LogP contribution < -0.4 is 0 Å². The van der Waals surface area contributed by atoms with E-state index in [2.05, 4.69) is 155 Å². The fraction of sp³-hybridized carbons (Fsp3) is 0.136. The third-order valence-corrected chi connectivity index (χ3v) is 10.3. The van der Waals surface area contributed by atoms with Gasteiger partial charge >= 0.3 is 0 Å². The molecule has 4 nitrogen and oxygen atoms in total. The van der Waals surface area contributed by atoms with Gasteiger partial charge in [-0.05, 0) is 72.7 Å². The molecule has 0 amide bonds. The minimum absolute atomic E-state index is 0.111. The number of rotatable bonds is 4. The molecule has 48 heavy (non-hydrogen) atoms. The van der Waals surface area contributed by atoms with Gasteiger partial charge in [-0.2, -0.15) is 10.5 Å². The zero-order chi connectivity index (χ0) is 32.2. The summed E-state index contributed by atoms with van der Waals surface area (Å²) in [7, 11) is 0. The van der Waals surface area contributed by atoms with Crippen molar-refractivity contribution >= 4 is 39.5 Å². The summed E-state index contributed by atoms with van der Waals surface area (Å²) in [5, 5.41) is 23.1. The summed E-state index contributed by atoms with van der Waals surface area (Å²) in [5.74, 6) is -0.135. The standard InChI is InChI=1S/C44H32N4/c45-27-30-11-9-22-43-44(30)37-15-4-8-21-42(37)47(43)31-25-23-29(24-26-31)32-16-10-17-33(38(32)28-46)34-12-1-5-18-39(34)48-40-19-6-2-13-35(40)36-14-3-7-20-41(36)48/h1-2,4-10,12-13,15-25,30-31H,3,11,14,26H2. The maximum absolute atomic E-state index is 10.7. The first-order valence-electron chi connectivity index (χ1n) is 16.8. The lowest BCUT2D eigenvalue weighted by atomic mass is 9.88. The van der Waals surface area contributed by atoms with E-state index in [4.69, 9.17) is 0 Å². The minimum Gasteiger partial charge on any atom is -0.333 e. The smallest absolute Gasteiger partial charge is 0.100 e. The van der Waals surface area contributed by atoms with Gasteiger partial charge in [0.2, 0.25) is 0 Å². The molecule has 2 unspecified atom stereocenters. The molecule has 0 fully saturated rings. The zero-order valence-corrected chi connectivity index (χ0v) is 26.5. The third-order valence-electron chi connectivity index (χ3n) is 10.3. The van der Waals surface area contributed by atoms with Crippen molar-refractivity contribution in [3.8, 4) is 29.0 Å². The summed E-state index contributed by atoms with van der Waals surface area (Å²) in [6.45, 7) is 0. The number of nitriles is 2. The van der Waals surface area contributed by atoms with Gasteiger partial charge in [0.1, 0.15) is 6.07 Å². The quantitative estimate of drug-likeness (QED) is 0.198. The van der Waals surface area contributed by atoms with Crippen molar-refractivity contribution in [1.29, 1.82) is 10.5 Å². The maximum Gasteiger partial charge on any atom is 0.100 e. The molecular weight excluding hydrogens is 585 g/mol. The van der Waals surface area contributed by atoms with Crippen LogP contribution in [-0.2, 0) is 6.42 Å². The molecule has 0 saturated heterocycles. The number of allylic oxidation sites excluding steroid dienone is 6. The van der Waals surface area contributed by atoms with Crippen LogP contribution in [0.2, 0.25) is 0 Å². The average molecular weight is 617 g/mol. The lowest BCUT2D eigenvalue weighted by molar-refractivity contribution is 0.621. The second-order valence-electron chi connectivity index (χ2n) is 12.8. The molecule has 3 aliphatic carbocycles. The van der Waals surface area contributed by atoms with E-state index in [-0.39, 0.29) is 12.0 Å². The highest BCUT2D eigenvalue weighted by Crippen LogP contribution is 2.43. The third kappa shape index (κ3) is 4.20. The van der Waals surface area contributed by atoms with Crippen molar-refractivity contribution in [2.75, 3.05) is 0 Å². The fourth-order valence-electron chi connectivity index (χ4n) is 8.23. The number of para-hydroxylation sites is 3. The van der Waals surface area contributed by atoms with Crippen LogP contribution in [0.25, 0.3) is 56.3 Å². The Kier molecular flexibility index (Phi) is 6.63. The molecule has 0 radical (unpaired) electrons. The number of aryl methyl sites for hydroxylation is 1. The Bertz CT molecular complexity index is 2500. The van der Waals surface area contributed by atoms with Crippen LogP contribution in [0, 0.1) is 22.7 Å². The van der Waals surface area contributed by atoms with E-state index in [1.165, 1.54) is 22.2 Å². The Balaban J connectivity index is 1.13. The highest BCUT2D eigenvalue weighted by molar-refractivity contribution is 5.94. The molecule has 0 N–H and O–H groups in total. The van der Waals surface area contributed by atoms with Gasteiger partial charge in [0, 0.05) is 44.4 Å². The molecule has 2 heterocycles. The largest absolute Gasteiger partial charge is 0.333 e. The van der Waals surface area contributed by atoms with Gasteiger partial charge in [0.15, 0.2) is 0 Å². The lowest BCUT2D eigenvalue weighted by Crippen LogP contribution is -2.12. The molecule has 6 aromatic rings. The fourth-order valence-corrected chi connectivity index (χ4v) is 8.23. The summed E-state index contributed by atoms with van der Waals surface area (Å²) in [5.41, 5.74) is 13.0.